The van der Waals surface area contributed by atoms with Crippen LogP contribution in [0.25, 0.3) is 0 Å². The van der Waals surface area contributed by atoms with Gasteiger partial charge in [0.25, 0.3) is 21.8 Å². The Morgan fingerprint density at radius 3 is 2.49 bits per heavy atom. The van der Waals surface area contributed by atoms with Gasteiger partial charge in [-0.05, 0) is 56.2 Å². The molecule has 15 heteroatoms. The quantitative estimate of drug-likeness (QED) is 0.245. The van der Waals surface area contributed by atoms with E-state index in [1.165, 1.54) is 31.4 Å². The molecule has 3 N–H and O–H groups in total. The zero-order valence-corrected chi connectivity index (χ0v) is 26.6. The summed E-state index contributed by atoms with van der Waals surface area (Å²) in [6.07, 6.45) is -0.689. The molecule has 3 aromatic carbocycles. The number of ether oxygens (including phenoxy) is 2. The van der Waals surface area contributed by atoms with E-state index in [2.05, 4.69) is 15.6 Å². The predicted octanol–water partition coefficient (Wildman–Crippen LogP) is 3.22. The number of hydrogen-bond acceptors (Lipinski definition) is 9. The fraction of sp³-hybridized carbons (Fsp3) is 0.281. The zero-order chi connectivity index (χ0) is 33.9. The van der Waals surface area contributed by atoms with Crippen molar-refractivity contribution in [1.29, 1.82) is 0 Å². The molecule has 0 saturated carbocycles. The Morgan fingerprint density at radius 1 is 1.04 bits per heavy atom. The smallest absolute Gasteiger partial charge is 0.325 e. The van der Waals surface area contributed by atoms with Crippen LogP contribution in [0, 0.1) is 13.8 Å². The molecule has 0 aliphatic carbocycles. The van der Waals surface area contributed by atoms with E-state index in [9.17, 15) is 27.6 Å². The number of imide groups is 1. The maximum Gasteiger partial charge on any atom is 0.325 e. The SMILES string of the molecule is COc1ccccc1NC(=O)C(C1=Nc2ccccc2S(=O)(=O)N1CCOc1ccc(C)cc1C)N1C(=O)NC(CCC(=O)O)C1=O. The third-order valence-corrected chi connectivity index (χ3v) is 9.47. The highest BCUT2D eigenvalue weighted by Crippen LogP contribution is 2.35. The number of aliphatic carboxylic acids is 1. The molecule has 2 aliphatic rings. The van der Waals surface area contributed by atoms with Gasteiger partial charge in [0.15, 0.2) is 11.9 Å². The largest absolute Gasteiger partial charge is 0.495 e. The number of hydrogen-bond donors (Lipinski definition) is 3. The van der Waals surface area contributed by atoms with Gasteiger partial charge in [-0.3, -0.25) is 14.4 Å². The molecule has 3 aromatic rings. The van der Waals surface area contributed by atoms with Crippen molar-refractivity contribution in [3.8, 4) is 11.5 Å². The molecule has 0 aromatic heterocycles. The highest BCUT2D eigenvalue weighted by atomic mass is 32.2. The number of sulfonamides is 1. The summed E-state index contributed by atoms with van der Waals surface area (Å²) in [7, 11) is -3.01. The predicted molar refractivity (Wildman–Crippen MR) is 170 cm³/mol. The maximum absolute atomic E-state index is 14.2. The van der Waals surface area contributed by atoms with Gasteiger partial charge in [0.2, 0.25) is 0 Å². The van der Waals surface area contributed by atoms with Crippen LogP contribution < -0.4 is 20.1 Å². The number of amides is 4. The second-order valence-corrected chi connectivity index (χ2v) is 12.7. The van der Waals surface area contributed by atoms with E-state index in [0.717, 1.165) is 15.4 Å². The Morgan fingerprint density at radius 2 is 1.77 bits per heavy atom. The molecule has 0 spiro atoms. The fourth-order valence-corrected chi connectivity index (χ4v) is 6.94. The van der Waals surface area contributed by atoms with Gasteiger partial charge in [-0.2, -0.15) is 0 Å². The normalized spacial score (nSPS) is 17.3. The number of methoxy groups -OCH3 is 1. The first-order valence-corrected chi connectivity index (χ1v) is 16.1. The van der Waals surface area contributed by atoms with E-state index in [4.69, 9.17) is 14.6 Å². The van der Waals surface area contributed by atoms with E-state index in [-0.39, 0.29) is 41.6 Å². The van der Waals surface area contributed by atoms with Crippen LogP contribution >= 0.6 is 0 Å². The molecular weight excluding hydrogens is 630 g/mol. The van der Waals surface area contributed by atoms with Crippen molar-refractivity contribution in [3.63, 3.8) is 0 Å². The lowest BCUT2D eigenvalue weighted by molar-refractivity contribution is -0.137. The number of fused-ring (bicyclic) bond motifs is 1. The zero-order valence-electron chi connectivity index (χ0n) is 25.8. The minimum absolute atomic E-state index is 0.00128. The molecule has 47 heavy (non-hydrogen) atoms. The van der Waals surface area contributed by atoms with Crippen LogP contribution in [0.2, 0.25) is 0 Å². The van der Waals surface area contributed by atoms with Crippen molar-refractivity contribution in [2.24, 2.45) is 4.99 Å². The molecular formula is C32H33N5O9S. The number of rotatable bonds is 12. The Labute approximate surface area is 271 Å². The second-order valence-electron chi connectivity index (χ2n) is 10.9. The van der Waals surface area contributed by atoms with E-state index in [0.29, 0.717) is 10.6 Å². The summed E-state index contributed by atoms with van der Waals surface area (Å²) in [5, 5.41) is 14.2. The van der Waals surface area contributed by atoms with E-state index >= 15 is 0 Å². The molecule has 2 atom stereocenters. The Bertz CT molecular complexity index is 1880. The third kappa shape index (κ3) is 6.74. The van der Waals surface area contributed by atoms with E-state index in [1.807, 2.05) is 26.0 Å². The van der Waals surface area contributed by atoms with Crippen LogP contribution in [0.5, 0.6) is 11.5 Å². The monoisotopic (exact) mass is 663 g/mol. The van der Waals surface area contributed by atoms with Crippen LogP contribution in [-0.4, -0.2) is 84.7 Å². The molecule has 5 rings (SSSR count). The summed E-state index contributed by atoms with van der Waals surface area (Å²) >= 11 is 0. The molecule has 0 bridgehead atoms. The van der Waals surface area contributed by atoms with Crippen molar-refractivity contribution in [3.05, 3.63) is 77.9 Å². The molecule has 246 valence electrons. The number of carbonyl (C=O) groups is 4. The number of urea groups is 1. The first-order valence-electron chi connectivity index (χ1n) is 14.6. The van der Waals surface area contributed by atoms with Gasteiger partial charge in [-0.15, -0.1) is 0 Å². The summed E-state index contributed by atoms with van der Waals surface area (Å²) in [4.78, 5) is 57.5. The van der Waals surface area contributed by atoms with Crippen LogP contribution in [0.1, 0.15) is 24.0 Å². The average Bonchev–Trinajstić information content (AvgIpc) is 3.31. The standard InChI is InChI=1S/C32H33N5O9S/c1-19-12-14-24(20(2)18-19)46-17-16-36-29(33-22-9-5-7-11-26(22)47(36,43)44)28(30(40)34-21-8-4-6-10-25(21)45-3)37-31(41)23(35-32(37)42)13-15-27(38)39/h4-12,14,18,23,28H,13,15-17H2,1-3H3,(H,34,40)(H,35,42)(H,38,39). The summed E-state index contributed by atoms with van der Waals surface area (Å²) in [6.45, 7) is 3.26. The fourth-order valence-electron chi connectivity index (χ4n) is 5.38. The number of aliphatic imine (C=N–C) groups is 1. The summed E-state index contributed by atoms with van der Waals surface area (Å²) in [5.74, 6) is -2.72. The maximum atomic E-state index is 14.2. The summed E-state index contributed by atoms with van der Waals surface area (Å²) in [5.41, 5.74) is 2.02. The molecule has 14 nitrogen and oxygen atoms in total. The first kappa shape index (κ1) is 32.9. The number of aryl methyl sites for hydroxylation is 2. The number of benzene rings is 3. The lowest BCUT2D eigenvalue weighted by Crippen LogP contribution is -2.59. The molecule has 1 fully saturated rings. The van der Waals surface area contributed by atoms with Crippen LogP contribution in [0.3, 0.4) is 0 Å². The Kier molecular flexibility index (Phi) is 9.46. The van der Waals surface area contributed by atoms with Gasteiger partial charge in [0, 0.05) is 6.42 Å². The van der Waals surface area contributed by atoms with E-state index in [1.54, 1.807) is 30.3 Å². The van der Waals surface area contributed by atoms with Crippen LogP contribution in [0.4, 0.5) is 16.2 Å². The molecule has 0 radical (unpaired) electrons. The van der Waals surface area contributed by atoms with Crippen LogP contribution in [-0.2, 0) is 24.4 Å². The summed E-state index contributed by atoms with van der Waals surface area (Å²) in [6, 6.07) is 13.6. The topological polar surface area (TPSA) is 184 Å². The number of amidine groups is 1. The number of para-hydroxylation sites is 3. The van der Waals surface area contributed by atoms with Gasteiger partial charge in [0.1, 0.15) is 29.0 Å². The first-order chi connectivity index (χ1) is 22.4. The Balaban J connectivity index is 1.59. The minimum Gasteiger partial charge on any atom is -0.495 e. The molecule has 1 saturated heterocycles. The number of anilines is 1. The lowest BCUT2D eigenvalue weighted by Gasteiger charge is -2.35. The van der Waals surface area contributed by atoms with Crippen molar-refractivity contribution in [2.45, 2.75) is 43.7 Å². The highest BCUT2D eigenvalue weighted by Gasteiger charge is 2.50. The Hall–Kier alpha value is -5.44. The number of nitrogens with one attached hydrogen (secondary N) is 2. The van der Waals surface area contributed by atoms with Crippen LogP contribution in [0.15, 0.2) is 76.6 Å². The van der Waals surface area contributed by atoms with Gasteiger partial charge in [-0.25, -0.2) is 27.4 Å². The van der Waals surface area contributed by atoms with Gasteiger partial charge >= 0.3 is 12.0 Å². The van der Waals surface area contributed by atoms with Gasteiger partial charge in [-0.1, -0.05) is 42.0 Å². The molecule has 4 amide bonds. The van der Waals surface area contributed by atoms with E-state index < -0.39 is 58.2 Å². The molecule has 2 aliphatic heterocycles. The minimum atomic E-state index is -4.40. The molecule has 2 heterocycles. The third-order valence-electron chi connectivity index (χ3n) is 7.62. The van der Waals surface area contributed by atoms with Crippen molar-refractivity contribution < 1.29 is 42.2 Å². The van der Waals surface area contributed by atoms with Gasteiger partial charge in [0.05, 0.1) is 25.0 Å². The number of carboxylic acid groups (broad SMARTS) is 1. The second kappa shape index (κ2) is 13.5. The van der Waals surface area contributed by atoms with Crippen molar-refractivity contribution in [2.75, 3.05) is 25.6 Å². The van der Waals surface area contributed by atoms with Crippen molar-refractivity contribution >= 4 is 51.0 Å². The average molecular weight is 664 g/mol. The highest BCUT2D eigenvalue weighted by molar-refractivity contribution is 7.90. The summed E-state index contributed by atoms with van der Waals surface area (Å²) < 4.78 is 40.4. The number of carboxylic acids is 1. The lowest BCUT2D eigenvalue weighted by atomic mass is 10.1. The van der Waals surface area contributed by atoms with Gasteiger partial charge < -0.3 is 25.2 Å². The number of carbonyl (C=O) groups excluding carboxylic acids is 3. The number of nitrogens with zero attached hydrogens (tertiary/aromatic N) is 3. The van der Waals surface area contributed by atoms with Crippen molar-refractivity contribution in [1.82, 2.24) is 14.5 Å². The molecule has 2 unspecified atom stereocenters.